The minimum absolute atomic E-state index is 0.0864. The fourth-order valence-electron chi connectivity index (χ4n) is 3.60. The Morgan fingerprint density at radius 2 is 1.47 bits per heavy atom. The molecule has 1 aromatic rings. The lowest BCUT2D eigenvalue weighted by Gasteiger charge is -2.30. The molecule has 0 bridgehead atoms. The predicted octanol–water partition coefficient (Wildman–Crippen LogP) is 4.48. The molecule has 0 unspecified atom stereocenters. The van der Waals surface area contributed by atoms with Crippen LogP contribution in [0.15, 0.2) is 24.3 Å². The normalized spacial score (nSPS) is 22.6. The van der Waals surface area contributed by atoms with Crippen LogP contribution in [0.25, 0.3) is 0 Å². The van der Waals surface area contributed by atoms with Crippen LogP contribution in [0.3, 0.4) is 0 Å². The van der Waals surface area contributed by atoms with E-state index in [0.717, 1.165) is 11.3 Å². The van der Waals surface area contributed by atoms with Crippen LogP contribution in [0, 0.1) is 6.07 Å². The maximum Gasteiger partial charge on any atom is -0.0100 e. The molecule has 3 rings (SSSR count). The molecule has 17 heavy (non-hydrogen) atoms. The molecule has 0 N–H and O–H groups in total. The van der Waals surface area contributed by atoms with E-state index in [-0.39, 0.29) is 7.92 Å². The van der Waals surface area contributed by atoms with Crippen LogP contribution in [0.2, 0.25) is 0 Å². The van der Waals surface area contributed by atoms with Gasteiger partial charge in [0.25, 0.3) is 0 Å². The summed E-state index contributed by atoms with van der Waals surface area (Å²) in [5, 5.41) is 1.57. The zero-order chi connectivity index (χ0) is 11.5. The van der Waals surface area contributed by atoms with E-state index < -0.39 is 0 Å². The van der Waals surface area contributed by atoms with Gasteiger partial charge in [0.15, 0.2) is 0 Å². The van der Waals surface area contributed by atoms with Crippen LogP contribution in [0.5, 0.6) is 0 Å². The van der Waals surface area contributed by atoms with Crippen molar-refractivity contribution in [3.05, 3.63) is 30.3 Å². The van der Waals surface area contributed by atoms with E-state index in [0.29, 0.717) is 0 Å². The topological polar surface area (TPSA) is 0 Å². The van der Waals surface area contributed by atoms with Crippen molar-refractivity contribution in [1.29, 1.82) is 0 Å². The lowest BCUT2D eigenvalue weighted by atomic mass is 10.3. The van der Waals surface area contributed by atoms with Gasteiger partial charge < -0.3 is 0 Å². The highest BCUT2D eigenvalue weighted by atomic mass is 31.1. The van der Waals surface area contributed by atoms with Crippen molar-refractivity contribution in [2.24, 2.45) is 0 Å². The van der Waals surface area contributed by atoms with E-state index in [1.807, 2.05) is 0 Å². The van der Waals surface area contributed by atoms with Gasteiger partial charge >= 0.3 is 0 Å². The van der Waals surface area contributed by atoms with Crippen LogP contribution in [-0.2, 0) is 0 Å². The molecule has 2 aliphatic rings. The predicted molar refractivity (Wildman–Crippen MR) is 76.3 cm³/mol. The van der Waals surface area contributed by atoms with Gasteiger partial charge in [0.1, 0.15) is 0 Å². The highest BCUT2D eigenvalue weighted by Gasteiger charge is 2.33. The molecule has 91 valence electrons. The SMILES string of the molecule is [c]1ccccc1P(C1CCCC1)C1CCCC1. The van der Waals surface area contributed by atoms with Gasteiger partial charge in [0, 0.05) is 0 Å². The summed E-state index contributed by atoms with van der Waals surface area (Å²) in [5.74, 6) is 0. The van der Waals surface area contributed by atoms with Gasteiger partial charge in [0.2, 0.25) is 0 Å². The highest BCUT2D eigenvalue weighted by Crippen LogP contribution is 2.55. The van der Waals surface area contributed by atoms with Crippen LogP contribution in [-0.4, -0.2) is 11.3 Å². The van der Waals surface area contributed by atoms with Gasteiger partial charge in [-0.3, -0.25) is 0 Å². The maximum atomic E-state index is 3.55. The Bertz CT molecular complexity index is 318. The lowest BCUT2D eigenvalue weighted by molar-refractivity contribution is 0.835. The maximum absolute atomic E-state index is 3.55. The van der Waals surface area contributed by atoms with E-state index >= 15 is 0 Å². The van der Waals surface area contributed by atoms with Crippen LogP contribution < -0.4 is 5.30 Å². The van der Waals surface area contributed by atoms with Crippen LogP contribution in [0.4, 0.5) is 0 Å². The Morgan fingerprint density at radius 1 is 0.882 bits per heavy atom. The number of hydrogen-bond donors (Lipinski definition) is 0. The van der Waals surface area contributed by atoms with Crippen molar-refractivity contribution < 1.29 is 0 Å². The third-order valence-corrected chi connectivity index (χ3v) is 7.85. The molecule has 2 aliphatic carbocycles. The van der Waals surface area contributed by atoms with Crippen molar-refractivity contribution in [1.82, 2.24) is 0 Å². The van der Waals surface area contributed by atoms with Gasteiger partial charge in [-0.05, 0) is 48.4 Å². The Labute approximate surface area is 107 Å². The Balaban J connectivity index is 1.84. The molecule has 1 aromatic carbocycles. The molecule has 0 spiro atoms. The molecule has 0 aliphatic heterocycles. The first-order chi connectivity index (χ1) is 8.45. The number of rotatable bonds is 3. The molecular weight excluding hydrogens is 223 g/mol. The quantitative estimate of drug-likeness (QED) is 0.689. The molecule has 0 saturated heterocycles. The lowest BCUT2D eigenvalue weighted by Crippen LogP contribution is -2.19. The number of benzene rings is 1. The van der Waals surface area contributed by atoms with Gasteiger partial charge in [0.05, 0.1) is 0 Å². The first-order valence-corrected chi connectivity index (χ1v) is 8.68. The smallest absolute Gasteiger partial charge is 0.0100 e. The summed E-state index contributed by atoms with van der Waals surface area (Å²) in [7, 11) is 0.0864. The monoisotopic (exact) mass is 245 g/mol. The third kappa shape index (κ3) is 2.58. The van der Waals surface area contributed by atoms with Crippen LogP contribution in [0.1, 0.15) is 51.4 Å². The van der Waals surface area contributed by atoms with Gasteiger partial charge in [-0.15, -0.1) is 0 Å². The second-order valence-electron chi connectivity index (χ2n) is 5.53. The second kappa shape index (κ2) is 5.53. The van der Waals surface area contributed by atoms with E-state index in [4.69, 9.17) is 0 Å². The molecule has 0 aromatic heterocycles. The first-order valence-electron chi connectivity index (χ1n) is 7.20. The Kier molecular flexibility index (Phi) is 3.81. The Hall–Kier alpha value is -0.350. The molecule has 2 fully saturated rings. The summed E-state index contributed by atoms with van der Waals surface area (Å²) >= 11 is 0. The van der Waals surface area contributed by atoms with Crippen molar-refractivity contribution in [3.63, 3.8) is 0 Å². The molecule has 0 heterocycles. The van der Waals surface area contributed by atoms with E-state index in [2.05, 4.69) is 30.3 Å². The molecule has 1 heteroatoms. The summed E-state index contributed by atoms with van der Waals surface area (Å²) in [6, 6.07) is 12.3. The van der Waals surface area contributed by atoms with Gasteiger partial charge in [-0.25, -0.2) is 0 Å². The molecule has 2 saturated carbocycles. The third-order valence-electron chi connectivity index (χ3n) is 4.41. The molecular formula is C16H22P. The Morgan fingerprint density at radius 3 is 1.94 bits per heavy atom. The summed E-state index contributed by atoms with van der Waals surface area (Å²) in [5.41, 5.74) is 2.04. The molecule has 1 radical (unpaired) electrons. The van der Waals surface area contributed by atoms with Crippen LogP contribution >= 0.6 is 7.92 Å². The molecule has 0 amide bonds. The second-order valence-corrected chi connectivity index (χ2v) is 8.29. The average Bonchev–Trinajstić information content (AvgIpc) is 3.04. The molecule has 0 atom stereocenters. The fourth-order valence-corrected chi connectivity index (χ4v) is 7.31. The zero-order valence-corrected chi connectivity index (χ0v) is 11.5. The van der Waals surface area contributed by atoms with Gasteiger partial charge in [-0.2, -0.15) is 0 Å². The number of hydrogen-bond acceptors (Lipinski definition) is 0. The van der Waals surface area contributed by atoms with E-state index in [1.54, 1.807) is 5.30 Å². The first kappa shape index (κ1) is 11.7. The minimum Gasteiger partial charge on any atom is -0.0683 e. The minimum atomic E-state index is 0.0864. The summed E-state index contributed by atoms with van der Waals surface area (Å²) < 4.78 is 0. The standard InChI is InChI=1S/C16H22P/c1-2-8-14(9-3-1)17(15-10-4-5-11-15)16-12-6-7-13-16/h1-3,8,15-16H,4-7,10-13H2. The largest absolute Gasteiger partial charge is 0.0683 e. The summed E-state index contributed by atoms with van der Waals surface area (Å²) in [6.45, 7) is 0. The van der Waals surface area contributed by atoms with Crippen molar-refractivity contribution >= 4 is 13.2 Å². The van der Waals surface area contributed by atoms with Crippen molar-refractivity contribution in [3.8, 4) is 0 Å². The van der Waals surface area contributed by atoms with Crippen molar-refractivity contribution in [2.45, 2.75) is 62.7 Å². The summed E-state index contributed by atoms with van der Waals surface area (Å²) in [6.07, 6.45) is 11.9. The van der Waals surface area contributed by atoms with E-state index in [1.165, 1.54) is 51.4 Å². The summed E-state index contributed by atoms with van der Waals surface area (Å²) in [4.78, 5) is 0. The fraction of sp³-hybridized carbons (Fsp3) is 0.625. The average molecular weight is 245 g/mol. The van der Waals surface area contributed by atoms with Gasteiger partial charge in [-0.1, -0.05) is 57.9 Å². The highest BCUT2D eigenvalue weighted by molar-refractivity contribution is 7.67. The zero-order valence-electron chi connectivity index (χ0n) is 10.6. The van der Waals surface area contributed by atoms with Crippen molar-refractivity contribution in [2.75, 3.05) is 0 Å². The molecule has 0 nitrogen and oxygen atoms in total. The van der Waals surface area contributed by atoms with E-state index in [9.17, 15) is 0 Å².